The van der Waals surface area contributed by atoms with Crippen LogP contribution in [0.3, 0.4) is 0 Å². The average molecular weight is 513 g/mol. The topological polar surface area (TPSA) is 80.8 Å². The lowest BCUT2D eigenvalue weighted by molar-refractivity contribution is -0.0130. The summed E-state index contributed by atoms with van der Waals surface area (Å²) in [5.41, 5.74) is 1.72. The molecule has 2 aliphatic heterocycles. The Hall–Kier alpha value is -2.36. The van der Waals surface area contributed by atoms with Crippen molar-refractivity contribution in [2.24, 2.45) is 0 Å². The van der Waals surface area contributed by atoms with Crippen LogP contribution in [-0.4, -0.2) is 70.7 Å². The number of rotatable bonds is 6. The zero-order valence-electron chi connectivity index (χ0n) is 19.5. The number of aromatic nitrogens is 1. The average Bonchev–Trinajstić information content (AvgIpc) is 2.89. The van der Waals surface area contributed by atoms with E-state index in [0.717, 1.165) is 44.5 Å². The molecular weight excluding hydrogens is 484 g/mol. The van der Waals surface area contributed by atoms with Crippen LogP contribution in [0.25, 0.3) is 10.9 Å². The summed E-state index contributed by atoms with van der Waals surface area (Å²) in [6.45, 7) is 4.80. The second kappa shape index (κ2) is 11.1. The summed E-state index contributed by atoms with van der Waals surface area (Å²) in [5, 5.41) is 1.26. The highest BCUT2D eigenvalue weighted by Crippen LogP contribution is 2.27. The summed E-state index contributed by atoms with van der Waals surface area (Å²) in [7, 11) is 0. The van der Waals surface area contributed by atoms with Gasteiger partial charge in [0.1, 0.15) is 16.9 Å². The normalized spacial score (nSPS) is 20.1. The SMILES string of the molecule is O=C(c1ccc(N[S+]([O-])c2cccc3cccnc23)cc1Cl)N1CCN(CC2CCCCO2)CC1. The predicted octanol–water partition coefficient (Wildman–Crippen LogP) is 4.35. The summed E-state index contributed by atoms with van der Waals surface area (Å²) in [5.74, 6) is -0.0745. The zero-order chi connectivity index (χ0) is 24.2. The molecule has 7 nitrogen and oxygen atoms in total. The van der Waals surface area contributed by atoms with E-state index < -0.39 is 11.4 Å². The van der Waals surface area contributed by atoms with Gasteiger partial charge >= 0.3 is 0 Å². The maximum Gasteiger partial charge on any atom is 0.255 e. The lowest BCUT2D eigenvalue weighted by Gasteiger charge is -2.37. The standard InChI is InChI=1S/C26H29ClN4O3S/c27-23-17-20(29-35(33)24-8-3-5-19-6-4-11-28-25(19)24)9-10-22(23)26(32)31-14-12-30(13-15-31)18-21-7-1-2-16-34-21/h3-6,8-11,17,21,29H,1-2,7,12-16,18H2. The molecule has 184 valence electrons. The maximum atomic E-state index is 13.1. The minimum Gasteiger partial charge on any atom is -0.588 e. The van der Waals surface area contributed by atoms with Crippen molar-refractivity contribution in [3.8, 4) is 0 Å². The van der Waals surface area contributed by atoms with E-state index in [9.17, 15) is 9.35 Å². The molecule has 0 aliphatic carbocycles. The fourth-order valence-corrected chi connectivity index (χ4v) is 5.94. The molecule has 2 atom stereocenters. The number of ether oxygens (including phenoxy) is 1. The monoisotopic (exact) mass is 512 g/mol. The van der Waals surface area contributed by atoms with Crippen LogP contribution in [0.15, 0.2) is 59.6 Å². The summed E-state index contributed by atoms with van der Waals surface area (Å²) >= 11 is 4.97. The number of hydrogen-bond acceptors (Lipinski definition) is 6. The first-order valence-electron chi connectivity index (χ1n) is 12.0. The van der Waals surface area contributed by atoms with Crippen LogP contribution in [-0.2, 0) is 16.1 Å². The lowest BCUT2D eigenvalue weighted by atomic mass is 10.1. The molecule has 9 heteroatoms. The van der Waals surface area contributed by atoms with Crippen LogP contribution >= 0.6 is 11.6 Å². The van der Waals surface area contributed by atoms with E-state index in [1.54, 1.807) is 30.5 Å². The van der Waals surface area contributed by atoms with E-state index in [0.29, 0.717) is 45.9 Å². The van der Waals surface area contributed by atoms with Gasteiger partial charge in [0.2, 0.25) is 4.90 Å². The van der Waals surface area contributed by atoms with Crippen molar-refractivity contribution in [1.29, 1.82) is 0 Å². The molecule has 1 N–H and O–H groups in total. The summed E-state index contributed by atoms with van der Waals surface area (Å²) in [6, 6.07) is 14.5. The third-order valence-electron chi connectivity index (χ3n) is 6.60. The number of nitrogens with one attached hydrogen (secondary N) is 1. The van der Waals surface area contributed by atoms with Gasteiger partial charge in [0.05, 0.1) is 22.4 Å². The van der Waals surface area contributed by atoms with Crippen LogP contribution < -0.4 is 4.72 Å². The van der Waals surface area contributed by atoms with Crippen molar-refractivity contribution < 1.29 is 14.1 Å². The minimum atomic E-state index is -1.53. The predicted molar refractivity (Wildman–Crippen MR) is 139 cm³/mol. The number of piperazine rings is 1. The lowest BCUT2D eigenvalue weighted by Crippen LogP contribution is -2.50. The van der Waals surface area contributed by atoms with E-state index in [-0.39, 0.29) is 5.91 Å². The van der Waals surface area contributed by atoms with E-state index in [1.807, 2.05) is 29.2 Å². The summed E-state index contributed by atoms with van der Waals surface area (Å²) in [4.78, 5) is 22.3. The molecule has 2 aliphatic rings. The first-order chi connectivity index (χ1) is 17.1. The maximum absolute atomic E-state index is 13.1. The van der Waals surface area contributed by atoms with Crippen LogP contribution in [0.4, 0.5) is 5.69 Å². The third-order valence-corrected chi connectivity index (χ3v) is 8.06. The number of carbonyl (C=O) groups excluding carboxylic acids is 1. The van der Waals surface area contributed by atoms with Crippen LogP contribution in [0.2, 0.25) is 5.02 Å². The number of carbonyl (C=O) groups is 1. The number of benzene rings is 2. The second-order valence-corrected chi connectivity index (χ2v) is 10.6. The zero-order valence-corrected chi connectivity index (χ0v) is 21.1. The molecule has 0 spiro atoms. The minimum absolute atomic E-state index is 0.0745. The number of hydrogen-bond donors (Lipinski definition) is 1. The fraction of sp³-hybridized carbons (Fsp3) is 0.385. The van der Waals surface area contributed by atoms with Gasteiger partial charge in [-0.1, -0.05) is 29.8 Å². The molecule has 3 heterocycles. The summed E-state index contributed by atoms with van der Waals surface area (Å²) in [6.07, 6.45) is 5.51. The summed E-state index contributed by atoms with van der Waals surface area (Å²) < 4.78 is 21.9. The van der Waals surface area contributed by atoms with Gasteiger partial charge in [-0.25, -0.2) is 4.72 Å². The highest BCUT2D eigenvalue weighted by Gasteiger charge is 2.26. The number of anilines is 1. The van der Waals surface area contributed by atoms with Crippen LogP contribution in [0, 0.1) is 0 Å². The number of fused-ring (bicyclic) bond motifs is 1. The Morgan fingerprint density at radius 3 is 2.74 bits per heavy atom. The Kier molecular flexibility index (Phi) is 7.75. The Balaban J connectivity index is 1.20. The smallest absolute Gasteiger partial charge is 0.255 e. The number of nitrogens with zero attached hydrogens (tertiary/aromatic N) is 3. The van der Waals surface area contributed by atoms with Crippen molar-refractivity contribution in [3.05, 3.63) is 65.3 Å². The van der Waals surface area contributed by atoms with Gasteiger partial charge in [-0.2, -0.15) is 0 Å². The van der Waals surface area contributed by atoms with Gasteiger partial charge in [-0.05, 0) is 49.6 Å². The molecule has 2 unspecified atom stereocenters. The molecule has 5 rings (SSSR count). The first-order valence-corrected chi connectivity index (χ1v) is 13.6. The Morgan fingerprint density at radius 2 is 1.97 bits per heavy atom. The van der Waals surface area contributed by atoms with Crippen LogP contribution in [0.5, 0.6) is 0 Å². The van der Waals surface area contributed by atoms with E-state index in [4.69, 9.17) is 16.3 Å². The van der Waals surface area contributed by atoms with Gasteiger partial charge in [0.15, 0.2) is 0 Å². The van der Waals surface area contributed by atoms with Crippen LogP contribution in [0.1, 0.15) is 29.6 Å². The molecular formula is C26H29ClN4O3S. The fourth-order valence-electron chi connectivity index (χ4n) is 4.68. The van der Waals surface area contributed by atoms with Crippen molar-refractivity contribution in [2.45, 2.75) is 30.3 Å². The highest BCUT2D eigenvalue weighted by atomic mass is 35.5. The van der Waals surface area contributed by atoms with Gasteiger partial charge in [0, 0.05) is 50.9 Å². The van der Waals surface area contributed by atoms with Gasteiger partial charge in [-0.3, -0.25) is 14.7 Å². The largest absolute Gasteiger partial charge is 0.588 e. The molecule has 2 fully saturated rings. The van der Waals surface area contributed by atoms with Gasteiger partial charge in [-0.15, -0.1) is 0 Å². The van der Waals surface area contributed by atoms with E-state index in [1.165, 1.54) is 6.42 Å². The molecule has 1 amide bonds. The molecule has 0 bridgehead atoms. The molecule has 1 aromatic heterocycles. The van der Waals surface area contributed by atoms with Crippen molar-refractivity contribution in [2.75, 3.05) is 44.1 Å². The number of amides is 1. The molecule has 0 radical (unpaired) electrons. The molecule has 2 saturated heterocycles. The third kappa shape index (κ3) is 5.73. The number of halogens is 1. The molecule has 2 aromatic carbocycles. The number of pyridine rings is 1. The Morgan fingerprint density at radius 1 is 1.14 bits per heavy atom. The van der Waals surface area contributed by atoms with E-state index >= 15 is 0 Å². The Bertz CT molecular complexity index is 1180. The van der Waals surface area contributed by atoms with Crippen molar-refractivity contribution >= 4 is 45.5 Å². The van der Waals surface area contributed by atoms with E-state index in [2.05, 4.69) is 14.6 Å². The van der Waals surface area contributed by atoms with Crippen molar-refractivity contribution in [1.82, 2.24) is 14.8 Å². The highest BCUT2D eigenvalue weighted by molar-refractivity contribution is 7.93. The van der Waals surface area contributed by atoms with Crippen molar-refractivity contribution in [3.63, 3.8) is 0 Å². The number of para-hydroxylation sites is 1. The molecule has 3 aromatic rings. The quantitative estimate of drug-likeness (QED) is 0.494. The van der Waals surface area contributed by atoms with Gasteiger partial charge < -0.3 is 14.2 Å². The molecule has 0 saturated carbocycles. The molecule has 35 heavy (non-hydrogen) atoms. The second-order valence-electron chi connectivity index (χ2n) is 8.98. The Labute approximate surface area is 213 Å². The van der Waals surface area contributed by atoms with Gasteiger partial charge in [0.25, 0.3) is 5.91 Å². The first kappa shape index (κ1) is 24.3.